The Labute approximate surface area is 99.7 Å². The van der Waals surface area contributed by atoms with Gasteiger partial charge in [0, 0.05) is 0 Å². The highest BCUT2D eigenvalue weighted by molar-refractivity contribution is 9.18. The van der Waals surface area contributed by atoms with Gasteiger partial charge in [-0.05, 0) is 15.9 Å². The summed E-state index contributed by atoms with van der Waals surface area (Å²) in [6.45, 7) is 0. The quantitative estimate of drug-likeness (QED) is 0.757. The van der Waals surface area contributed by atoms with Crippen LogP contribution in [-0.2, 0) is 0 Å². The molecule has 0 saturated heterocycles. The van der Waals surface area contributed by atoms with Gasteiger partial charge in [0.05, 0.1) is 20.4 Å². The smallest absolute Gasteiger partial charge is 0.264 e. The van der Waals surface area contributed by atoms with Gasteiger partial charge in [-0.3, -0.25) is 5.43 Å². The van der Waals surface area contributed by atoms with Crippen LogP contribution in [-0.4, -0.2) is 28.9 Å². The van der Waals surface area contributed by atoms with E-state index in [1.807, 2.05) is 0 Å². The lowest BCUT2D eigenvalue weighted by Gasteiger charge is -2.17. The third-order valence-corrected chi connectivity index (χ3v) is 2.12. The average molecular weight is 289 g/mol. The van der Waals surface area contributed by atoms with Crippen molar-refractivity contribution in [3.8, 4) is 11.8 Å². The van der Waals surface area contributed by atoms with Crippen molar-refractivity contribution in [2.75, 3.05) is 19.3 Å². The molecule has 0 atom stereocenters. The molecule has 16 heavy (non-hydrogen) atoms. The van der Waals surface area contributed by atoms with Crippen LogP contribution in [0.3, 0.4) is 0 Å². The van der Waals surface area contributed by atoms with Gasteiger partial charge in [0.1, 0.15) is 0 Å². The highest BCUT2D eigenvalue weighted by Crippen LogP contribution is 2.24. The largest absolute Gasteiger partial charge is 0.480 e. The number of hydrazine groups is 2. The predicted octanol–water partition coefficient (Wildman–Crippen LogP) is -0.0111. The van der Waals surface area contributed by atoms with Crippen molar-refractivity contribution < 1.29 is 9.47 Å². The summed E-state index contributed by atoms with van der Waals surface area (Å²) in [5.41, 5.74) is 5.52. The number of aromatic nitrogens is 2. The molecule has 0 radical (unpaired) electrons. The Hall–Kier alpha value is -1.77. The minimum atomic E-state index is 0.316. The molecule has 0 aliphatic carbocycles. The predicted molar refractivity (Wildman–Crippen MR) is 60.2 cm³/mol. The Kier molecular flexibility index (Phi) is 2.95. The zero-order valence-electron chi connectivity index (χ0n) is 8.56. The summed E-state index contributed by atoms with van der Waals surface area (Å²) in [5, 5.41) is 5.31. The summed E-state index contributed by atoms with van der Waals surface area (Å²) >= 11 is 3.17. The van der Waals surface area contributed by atoms with Gasteiger partial charge in [0.25, 0.3) is 5.88 Å². The number of nitrogens with zero attached hydrogens (tertiary/aromatic N) is 4. The second kappa shape index (κ2) is 4.39. The SMILES string of the molecule is COc1cnc(N2NN=C(Br)N2)c(OC)n1. The van der Waals surface area contributed by atoms with Gasteiger partial charge in [0.15, 0.2) is 0 Å². The second-order valence-corrected chi connectivity index (χ2v) is 3.45. The maximum atomic E-state index is 5.09. The first-order chi connectivity index (χ1) is 7.74. The van der Waals surface area contributed by atoms with Gasteiger partial charge < -0.3 is 9.47 Å². The van der Waals surface area contributed by atoms with Gasteiger partial charge in [0.2, 0.25) is 16.4 Å². The molecule has 0 bridgehead atoms. The van der Waals surface area contributed by atoms with E-state index in [1.165, 1.54) is 25.5 Å². The number of amidine groups is 1. The number of hydrazone groups is 1. The summed E-state index contributed by atoms with van der Waals surface area (Å²) in [6, 6.07) is 0. The van der Waals surface area contributed by atoms with E-state index < -0.39 is 0 Å². The summed E-state index contributed by atoms with van der Waals surface area (Å²) in [7, 11) is 3.01. The third kappa shape index (κ3) is 1.94. The number of methoxy groups -OCH3 is 2. The van der Waals surface area contributed by atoms with Crippen LogP contribution < -0.4 is 25.6 Å². The minimum absolute atomic E-state index is 0.316. The Bertz CT molecular complexity index is 425. The summed E-state index contributed by atoms with van der Waals surface area (Å²) < 4.78 is 10.6. The van der Waals surface area contributed by atoms with E-state index in [2.05, 4.69) is 42.0 Å². The van der Waals surface area contributed by atoms with E-state index >= 15 is 0 Å². The van der Waals surface area contributed by atoms with Crippen LogP contribution in [0, 0.1) is 0 Å². The van der Waals surface area contributed by atoms with Crippen LogP contribution in [0.2, 0.25) is 0 Å². The molecule has 1 aromatic rings. The summed E-state index contributed by atoms with van der Waals surface area (Å²) in [6.07, 6.45) is 1.48. The van der Waals surface area contributed by atoms with Crippen molar-refractivity contribution in [2.24, 2.45) is 5.10 Å². The van der Waals surface area contributed by atoms with E-state index in [1.54, 1.807) is 0 Å². The van der Waals surface area contributed by atoms with E-state index in [0.29, 0.717) is 22.3 Å². The van der Waals surface area contributed by atoms with Gasteiger partial charge in [-0.15, -0.1) is 5.10 Å². The lowest BCUT2D eigenvalue weighted by Crippen LogP contribution is -2.41. The van der Waals surface area contributed by atoms with Gasteiger partial charge in [-0.1, -0.05) is 0 Å². The highest BCUT2D eigenvalue weighted by atomic mass is 79.9. The third-order valence-electron chi connectivity index (χ3n) is 1.77. The van der Waals surface area contributed by atoms with Gasteiger partial charge in [-0.2, -0.15) is 15.6 Å². The van der Waals surface area contributed by atoms with Crippen molar-refractivity contribution in [1.82, 2.24) is 20.9 Å². The van der Waals surface area contributed by atoms with Crippen LogP contribution in [0.25, 0.3) is 0 Å². The van der Waals surface area contributed by atoms with E-state index in [9.17, 15) is 0 Å². The molecular formula is C7H9BrN6O2. The fourth-order valence-corrected chi connectivity index (χ4v) is 1.33. The Morgan fingerprint density at radius 3 is 2.75 bits per heavy atom. The van der Waals surface area contributed by atoms with Crippen LogP contribution in [0.1, 0.15) is 0 Å². The van der Waals surface area contributed by atoms with Crippen LogP contribution in [0.4, 0.5) is 5.82 Å². The molecule has 2 heterocycles. The standard InChI is InChI=1S/C7H9BrN6O2/c1-15-4-3-9-5(6(10-4)16-2)14-12-7(8)11-13-14/h3,13H,1-2H3,(H,11,12). The van der Waals surface area contributed by atoms with Gasteiger partial charge >= 0.3 is 0 Å². The number of rotatable bonds is 3. The molecule has 1 aromatic heterocycles. The Morgan fingerprint density at radius 2 is 2.19 bits per heavy atom. The number of halogens is 1. The molecule has 0 unspecified atom stereocenters. The Morgan fingerprint density at radius 1 is 1.38 bits per heavy atom. The lowest BCUT2D eigenvalue weighted by atomic mass is 10.6. The summed E-state index contributed by atoms with van der Waals surface area (Å²) in [5.74, 6) is 1.14. The first-order valence-electron chi connectivity index (χ1n) is 4.25. The number of nitrogens with one attached hydrogen (secondary N) is 2. The molecule has 2 rings (SSSR count). The first-order valence-corrected chi connectivity index (χ1v) is 5.04. The molecular weight excluding hydrogens is 280 g/mol. The van der Waals surface area contributed by atoms with E-state index in [0.717, 1.165) is 0 Å². The van der Waals surface area contributed by atoms with E-state index in [-0.39, 0.29) is 0 Å². The molecule has 8 nitrogen and oxygen atoms in total. The zero-order chi connectivity index (χ0) is 11.5. The average Bonchev–Trinajstić information content (AvgIpc) is 2.74. The molecule has 86 valence electrons. The van der Waals surface area contributed by atoms with Crippen molar-refractivity contribution in [2.45, 2.75) is 0 Å². The number of hydrogen-bond donors (Lipinski definition) is 2. The minimum Gasteiger partial charge on any atom is -0.480 e. The van der Waals surface area contributed by atoms with E-state index in [4.69, 9.17) is 9.47 Å². The fourth-order valence-electron chi connectivity index (χ4n) is 1.08. The van der Waals surface area contributed by atoms with Crippen molar-refractivity contribution in [3.63, 3.8) is 0 Å². The zero-order valence-corrected chi connectivity index (χ0v) is 10.1. The molecule has 0 saturated carbocycles. The fraction of sp³-hybridized carbons (Fsp3) is 0.286. The highest BCUT2D eigenvalue weighted by Gasteiger charge is 2.20. The number of ether oxygens (including phenoxy) is 2. The van der Waals surface area contributed by atoms with Crippen LogP contribution in [0.5, 0.6) is 11.8 Å². The molecule has 0 aromatic carbocycles. The second-order valence-electron chi connectivity index (χ2n) is 2.70. The maximum Gasteiger partial charge on any atom is 0.264 e. The topological polar surface area (TPSA) is 83.9 Å². The molecule has 1 aliphatic rings. The Balaban J connectivity index is 2.27. The van der Waals surface area contributed by atoms with Crippen molar-refractivity contribution >= 4 is 26.5 Å². The number of anilines is 1. The molecule has 0 amide bonds. The lowest BCUT2D eigenvalue weighted by molar-refractivity contribution is 0.359. The first kappa shape index (κ1) is 10.7. The normalized spacial score (nSPS) is 13.9. The molecule has 0 fully saturated rings. The molecule has 1 aliphatic heterocycles. The molecule has 2 N–H and O–H groups in total. The van der Waals surface area contributed by atoms with Crippen LogP contribution >= 0.6 is 15.9 Å². The number of hydrogen-bond acceptors (Lipinski definition) is 8. The van der Waals surface area contributed by atoms with Crippen molar-refractivity contribution in [3.05, 3.63) is 6.20 Å². The molecule has 9 heteroatoms. The summed E-state index contributed by atoms with van der Waals surface area (Å²) in [4.78, 5) is 8.22. The van der Waals surface area contributed by atoms with Gasteiger partial charge in [-0.25, -0.2) is 4.98 Å². The maximum absolute atomic E-state index is 5.09. The molecule has 0 spiro atoms. The monoisotopic (exact) mass is 288 g/mol. The van der Waals surface area contributed by atoms with Crippen LogP contribution in [0.15, 0.2) is 11.3 Å². The van der Waals surface area contributed by atoms with Crippen molar-refractivity contribution in [1.29, 1.82) is 0 Å².